The molecule has 0 spiro atoms. The van der Waals surface area contributed by atoms with E-state index >= 15 is 0 Å². The molecule has 0 saturated carbocycles. The van der Waals surface area contributed by atoms with Gasteiger partial charge in [0.05, 0.1) is 11.3 Å². The van der Waals surface area contributed by atoms with Crippen LogP contribution in [-0.4, -0.2) is 16.1 Å². The molecule has 132 valence electrons. The number of carbonyl (C=O) groups is 2. The lowest BCUT2D eigenvalue weighted by molar-refractivity contribution is -0.121. The average Bonchev–Trinajstić information content (AvgIpc) is 2.97. The summed E-state index contributed by atoms with van der Waals surface area (Å²) in [5.41, 5.74) is 4.36. The molecule has 26 heavy (non-hydrogen) atoms. The van der Waals surface area contributed by atoms with Crippen molar-refractivity contribution in [3.63, 3.8) is 0 Å². The molecule has 0 unspecified atom stereocenters. The van der Waals surface area contributed by atoms with Crippen LogP contribution < -0.4 is 0 Å². The second-order valence-electron chi connectivity index (χ2n) is 6.32. The molecule has 3 heteroatoms. The van der Waals surface area contributed by atoms with Gasteiger partial charge in [-0.15, -0.1) is 0 Å². The van der Waals surface area contributed by atoms with Gasteiger partial charge in [-0.1, -0.05) is 62.4 Å². The largest absolute Gasteiger partial charge is 0.343 e. The van der Waals surface area contributed by atoms with E-state index < -0.39 is 0 Å². The first-order valence-corrected chi connectivity index (χ1v) is 8.99. The van der Waals surface area contributed by atoms with Crippen molar-refractivity contribution in [2.45, 2.75) is 26.7 Å². The van der Waals surface area contributed by atoms with Crippen LogP contribution in [0.2, 0.25) is 0 Å². The number of para-hydroxylation sites is 1. The van der Waals surface area contributed by atoms with E-state index in [4.69, 9.17) is 0 Å². The number of benzene rings is 2. The Morgan fingerprint density at radius 3 is 2.08 bits per heavy atom. The number of fused-ring (bicyclic) bond motifs is 1. The number of nitrogens with zero attached hydrogens (tertiary/aromatic N) is 1. The van der Waals surface area contributed by atoms with Crippen molar-refractivity contribution in [2.24, 2.45) is 7.05 Å². The van der Waals surface area contributed by atoms with Crippen molar-refractivity contribution < 1.29 is 9.59 Å². The van der Waals surface area contributed by atoms with Gasteiger partial charge >= 0.3 is 0 Å². The van der Waals surface area contributed by atoms with Crippen molar-refractivity contribution in [1.82, 2.24) is 4.57 Å². The summed E-state index contributed by atoms with van der Waals surface area (Å²) >= 11 is 0. The van der Waals surface area contributed by atoms with E-state index in [1.54, 1.807) is 19.9 Å². The Morgan fingerprint density at radius 2 is 1.46 bits per heavy atom. The number of hydrogen-bond donors (Lipinski definition) is 0. The average molecular weight is 345 g/mol. The second kappa shape index (κ2) is 7.52. The third kappa shape index (κ3) is 3.13. The van der Waals surface area contributed by atoms with Gasteiger partial charge in [0.15, 0.2) is 11.6 Å². The van der Waals surface area contributed by atoms with Gasteiger partial charge in [-0.2, -0.15) is 0 Å². The molecule has 1 heterocycles. The highest BCUT2D eigenvalue weighted by Crippen LogP contribution is 2.34. The highest BCUT2D eigenvalue weighted by atomic mass is 16.1. The number of hydrogen-bond acceptors (Lipinski definition) is 2. The van der Waals surface area contributed by atoms with Crippen LogP contribution in [0.1, 0.15) is 32.3 Å². The fourth-order valence-electron chi connectivity index (χ4n) is 3.36. The zero-order chi connectivity index (χ0) is 18.7. The zero-order valence-electron chi connectivity index (χ0n) is 15.5. The van der Waals surface area contributed by atoms with Crippen LogP contribution in [0.25, 0.3) is 28.2 Å². The number of carbonyl (C=O) groups excluding carboxylic acids is 2. The Morgan fingerprint density at radius 1 is 0.885 bits per heavy atom. The number of rotatable bonds is 6. The third-order valence-electron chi connectivity index (χ3n) is 4.73. The second-order valence-corrected chi connectivity index (χ2v) is 6.32. The number of aryl methyl sites for hydroxylation is 1. The minimum Gasteiger partial charge on any atom is -0.343 e. The van der Waals surface area contributed by atoms with Gasteiger partial charge in [-0.25, -0.2) is 0 Å². The van der Waals surface area contributed by atoms with E-state index in [9.17, 15) is 9.59 Å². The Labute approximate surface area is 154 Å². The highest BCUT2D eigenvalue weighted by molar-refractivity contribution is 6.24. The van der Waals surface area contributed by atoms with E-state index in [2.05, 4.69) is 22.8 Å². The maximum absolute atomic E-state index is 12.4. The Balaban J connectivity index is 2.36. The lowest BCUT2D eigenvalue weighted by Gasteiger charge is -2.08. The van der Waals surface area contributed by atoms with Crippen molar-refractivity contribution in [3.8, 4) is 11.3 Å². The zero-order valence-corrected chi connectivity index (χ0v) is 15.5. The van der Waals surface area contributed by atoms with Gasteiger partial charge in [0.1, 0.15) is 0 Å². The minimum absolute atomic E-state index is 0.108. The van der Waals surface area contributed by atoms with Crippen molar-refractivity contribution in [3.05, 3.63) is 65.7 Å². The molecule has 0 aliphatic carbocycles. The van der Waals surface area contributed by atoms with Crippen LogP contribution in [0.5, 0.6) is 0 Å². The number of aromatic nitrogens is 1. The first-order chi connectivity index (χ1) is 12.6. The normalized spacial score (nSPS) is 10.7. The van der Waals surface area contributed by atoms with E-state index in [1.807, 2.05) is 43.4 Å². The van der Waals surface area contributed by atoms with Crippen LogP contribution in [-0.2, 0) is 16.6 Å². The van der Waals surface area contributed by atoms with E-state index in [-0.39, 0.29) is 11.6 Å². The van der Waals surface area contributed by atoms with Gasteiger partial charge in [-0.05, 0) is 17.7 Å². The van der Waals surface area contributed by atoms with E-state index in [1.165, 1.54) is 0 Å². The Kier molecular flexibility index (Phi) is 5.17. The van der Waals surface area contributed by atoms with Gasteiger partial charge in [-0.3, -0.25) is 9.59 Å². The summed E-state index contributed by atoms with van der Waals surface area (Å²) in [6.07, 6.45) is 2.44. The van der Waals surface area contributed by atoms with Gasteiger partial charge in [0.2, 0.25) is 0 Å². The molecular weight excluding hydrogens is 322 g/mol. The summed E-state index contributed by atoms with van der Waals surface area (Å²) < 4.78 is 2.13. The van der Waals surface area contributed by atoms with Gasteiger partial charge in [0.25, 0.3) is 0 Å². The molecule has 1 aromatic heterocycles. The number of allylic oxidation sites excluding steroid dienone is 1. The molecule has 2 aromatic carbocycles. The van der Waals surface area contributed by atoms with Gasteiger partial charge in [0, 0.05) is 36.4 Å². The predicted octanol–water partition coefficient (Wildman–Crippen LogP) is 5.19. The molecule has 0 amide bonds. The molecule has 0 N–H and O–H groups in total. The minimum atomic E-state index is -0.108. The maximum atomic E-state index is 12.4. The third-order valence-corrected chi connectivity index (χ3v) is 4.73. The lowest BCUT2D eigenvalue weighted by Crippen LogP contribution is -2.11. The molecule has 0 atom stereocenters. The summed E-state index contributed by atoms with van der Waals surface area (Å²) in [6.45, 7) is 3.58. The van der Waals surface area contributed by atoms with Crippen LogP contribution in [0, 0.1) is 0 Å². The summed E-state index contributed by atoms with van der Waals surface area (Å²) in [5, 5.41) is 1.04. The fourth-order valence-corrected chi connectivity index (χ4v) is 3.36. The van der Waals surface area contributed by atoms with Crippen LogP contribution in [0.4, 0.5) is 0 Å². The van der Waals surface area contributed by atoms with Crippen molar-refractivity contribution in [2.75, 3.05) is 0 Å². The van der Waals surface area contributed by atoms with E-state index in [0.717, 1.165) is 27.7 Å². The number of ketones is 2. The molecule has 3 rings (SSSR count). The summed E-state index contributed by atoms with van der Waals surface area (Å²) in [4.78, 5) is 24.8. The molecule has 0 aliphatic rings. The standard InChI is InChI=1S/C23H23NO2/c1-4-21(25)19(22(26)5-2)15-18-17-13-9-10-14-20(17)24(3)23(18)16-11-7-6-8-12-16/h6-15H,4-5H2,1-3H3. The smallest absolute Gasteiger partial charge is 0.166 e. The van der Waals surface area contributed by atoms with Gasteiger partial charge < -0.3 is 4.57 Å². The molecule has 3 nitrogen and oxygen atoms in total. The van der Waals surface area contributed by atoms with Crippen LogP contribution in [0.15, 0.2) is 60.2 Å². The van der Waals surface area contributed by atoms with Crippen molar-refractivity contribution in [1.29, 1.82) is 0 Å². The maximum Gasteiger partial charge on any atom is 0.166 e. The SMILES string of the molecule is CCC(=O)C(=Cc1c(-c2ccccc2)n(C)c2ccccc12)C(=O)CC. The van der Waals surface area contributed by atoms with Crippen LogP contribution in [0.3, 0.4) is 0 Å². The molecular formula is C23H23NO2. The monoisotopic (exact) mass is 345 g/mol. The first-order valence-electron chi connectivity index (χ1n) is 8.99. The molecule has 0 saturated heterocycles. The molecule has 0 aliphatic heterocycles. The molecule has 0 bridgehead atoms. The molecule has 0 fully saturated rings. The predicted molar refractivity (Wildman–Crippen MR) is 107 cm³/mol. The van der Waals surface area contributed by atoms with E-state index in [0.29, 0.717) is 18.4 Å². The summed E-state index contributed by atoms with van der Waals surface area (Å²) in [7, 11) is 2.02. The molecule has 3 aromatic rings. The first kappa shape index (κ1) is 17.9. The van der Waals surface area contributed by atoms with Crippen LogP contribution >= 0.6 is 0 Å². The lowest BCUT2D eigenvalue weighted by atomic mass is 9.97. The molecule has 0 radical (unpaired) electrons. The Bertz CT molecular complexity index is 976. The summed E-state index contributed by atoms with van der Waals surface area (Å²) in [6, 6.07) is 18.2. The summed E-state index contributed by atoms with van der Waals surface area (Å²) in [5.74, 6) is -0.215. The topological polar surface area (TPSA) is 39.1 Å². The Hall–Kier alpha value is -2.94. The number of Topliss-reactive ketones (excluding diaryl/α,β-unsaturated/α-hetero) is 2. The quantitative estimate of drug-likeness (QED) is 0.350. The fraction of sp³-hybridized carbons (Fsp3) is 0.217. The highest BCUT2D eigenvalue weighted by Gasteiger charge is 2.20. The van der Waals surface area contributed by atoms with Crippen molar-refractivity contribution >= 4 is 28.5 Å².